The molecule has 26 heavy (non-hydrogen) atoms. The lowest BCUT2D eigenvalue weighted by Gasteiger charge is -2.23. The normalized spacial score (nSPS) is 13.7. The lowest BCUT2D eigenvalue weighted by atomic mass is 10.3. The summed E-state index contributed by atoms with van der Waals surface area (Å²) in [4.78, 5) is 27.5. The first kappa shape index (κ1) is 17.8. The van der Waals surface area contributed by atoms with Crippen LogP contribution in [0.25, 0.3) is 0 Å². The lowest BCUT2D eigenvalue weighted by molar-refractivity contribution is 0.169. The Morgan fingerprint density at radius 3 is 2.81 bits per heavy atom. The summed E-state index contributed by atoms with van der Waals surface area (Å²) in [5, 5.41) is 10.0. The first-order chi connectivity index (χ1) is 12.5. The van der Waals surface area contributed by atoms with Crippen molar-refractivity contribution in [2.24, 2.45) is 0 Å². The van der Waals surface area contributed by atoms with Gasteiger partial charge in [0.15, 0.2) is 0 Å². The standard InChI is InChI=1S/C17H24N6O3/c1-21(2)17(25)22-6-4-7-23-14(12-22)9-13(20-23)10-18-16(24)19-11-15-5-3-8-26-15/h3,5,8-9H,4,6-7,10-12H2,1-2H3,(H2,18,19,24). The number of fused-ring (bicyclic) bond motifs is 1. The van der Waals surface area contributed by atoms with Gasteiger partial charge in [-0.25, -0.2) is 9.59 Å². The van der Waals surface area contributed by atoms with Crippen LogP contribution < -0.4 is 10.6 Å². The van der Waals surface area contributed by atoms with Crippen molar-refractivity contribution in [3.05, 3.63) is 41.6 Å². The van der Waals surface area contributed by atoms with Crippen LogP contribution in [0.2, 0.25) is 0 Å². The van der Waals surface area contributed by atoms with Crippen molar-refractivity contribution in [1.82, 2.24) is 30.2 Å². The van der Waals surface area contributed by atoms with E-state index in [0.717, 1.165) is 24.4 Å². The molecular weight excluding hydrogens is 336 g/mol. The molecule has 0 radical (unpaired) electrons. The first-order valence-corrected chi connectivity index (χ1v) is 8.59. The Bertz CT molecular complexity index is 753. The van der Waals surface area contributed by atoms with Gasteiger partial charge in [-0.15, -0.1) is 0 Å². The predicted octanol–water partition coefficient (Wildman–Crippen LogP) is 1.36. The van der Waals surface area contributed by atoms with E-state index in [9.17, 15) is 9.59 Å². The van der Waals surface area contributed by atoms with Crippen molar-refractivity contribution in [1.29, 1.82) is 0 Å². The smallest absolute Gasteiger partial charge is 0.319 e. The second-order valence-corrected chi connectivity index (χ2v) is 6.42. The number of aryl methyl sites for hydroxylation is 1. The van der Waals surface area contributed by atoms with Gasteiger partial charge in [-0.3, -0.25) is 4.68 Å². The quantitative estimate of drug-likeness (QED) is 0.861. The molecule has 0 spiro atoms. The second kappa shape index (κ2) is 7.94. The summed E-state index contributed by atoms with van der Waals surface area (Å²) >= 11 is 0. The van der Waals surface area contributed by atoms with Gasteiger partial charge < -0.3 is 24.9 Å². The van der Waals surface area contributed by atoms with Gasteiger partial charge in [0, 0.05) is 27.2 Å². The Labute approximate surface area is 151 Å². The molecule has 2 N–H and O–H groups in total. The summed E-state index contributed by atoms with van der Waals surface area (Å²) in [5.41, 5.74) is 1.75. The summed E-state index contributed by atoms with van der Waals surface area (Å²) in [6, 6.07) is 5.23. The van der Waals surface area contributed by atoms with Crippen LogP contribution in [0.5, 0.6) is 0 Å². The molecule has 0 saturated heterocycles. The fourth-order valence-corrected chi connectivity index (χ4v) is 2.87. The number of hydrogen-bond acceptors (Lipinski definition) is 4. The Morgan fingerprint density at radius 2 is 2.08 bits per heavy atom. The van der Waals surface area contributed by atoms with Gasteiger partial charge in [0.1, 0.15) is 5.76 Å². The Morgan fingerprint density at radius 1 is 1.27 bits per heavy atom. The Balaban J connectivity index is 1.53. The molecule has 9 nitrogen and oxygen atoms in total. The third-order valence-corrected chi connectivity index (χ3v) is 4.15. The van der Waals surface area contributed by atoms with Crippen molar-refractivity contribution in [2.45, 2.75) is 32.6 Å². The highest BCUT2D eigenvalue weighted by Gasteiger charge is 2.21. The fraction of sp³-hybridized carbons (Fsp3) is 0.471. The topological polar surface area (TPSA) is 95.6 Å². The van der Waals surface area contributed by atoms with Crippen LogP contribution in [0.3, 0.4) is 0 Å². The van der Waals surface area contributed by atoms with E-state index in [2.05, 4.69) is 15.7 Å². The van der Waals surface area contributed by atoms with Gasteiger partial charge in [0.25, 0.3) is 0 Å². The molecule has 1 aliphatic rings. The number of hydrogen-bond donors (Lipinski definition) is 2. The number of nitrogens with one attached hydrogen (secondary N) is 2. The molecule has 4 amide bonds. The summed E-state index contributed by atoms with van der Waals surface area (Å²) in [7, 11) is 3.50. The summed E-state index contributed by atoms with van der Waals surface area (Å²) < 4.78 is 7.08. The minimum Gasteiger partial charge on any atom is -0.467 e. The number of carbonyl (C=O) groups is 2. The van der Waals surface area contributed by atoms with E-state index < -0.39 is 0 Å². The third kappa shape index (κ3) is 4.35. The van der Waals surface area contributed by atoms with Gasteiger partial charge in [-0.05, 0) is 24.6 Å². The van der Waals surface area contributed by atoms with Gasteiger partial charge in [-0.2, -0.15) is 5.10 Å². The van der Waals surface area contributed by atoms with Crippen LogP contribution in [-0.4, -0.2) is 52.3 Å². The second-order valence-electron chi connectivity index (χ2n) is 6.42. The van der Waals surface area contributed by atoms with Crippen molar-refractivity contribution in [3.8, 4) is 0 Å². The van der Waals surface area contributed by atoms with Crippen molar-refractivity contribution < 1.29 is 14.0 Å². The largest absolute Gasteiger partial charge is 0.467 e. The van der Waals surface area contributed by atoms with Crippen LogP contribution in [0, 0.1) is 0 Å². The molecule has 0 aliphatic carbocycles. The monoisotopic (exact) mass is 360 g/mol. The molecule has 0 saturated carbocycles. The van der Waals surface area contributed by atoms with E-state index in [-0.39, 0.29) is 12.1 Å². The van der Waals surface area contributed by atoms with E-state index in [1.807, 2.05) is 15.6 Å². The average Bonchev–Trinajstić information content (AvgIpc) is 3.23. The maximum atomic E-state index is 12.2. The van der Waals surface area contributed by atoms with E-state index >= 15 is 0 Å². The molecule has 0 fully saturated rings. The fourth-order valence-electron chi connectivity index (χ4n) is 2.87. The minimum absolute atomic E-state index is 0.00312. The molecule has 140 valence electrons. The van der Waals surface area contributed by atoms with E-state index in [1.165, 1.54) is 0 Å². The van der Waals surface area contributed by atoms with Crippen molar-refractivity contribution >= 4 is 12.1 Å². The van der Waals surface area contributed by atoms with Gasteiger partial charge in [-0.1, -0.05) is 0 Å². The zero-order chi connectivity index (χ0) is 18.5. The third-order valence-electron chi connectivity index (χ3n) is 4.15. The summed E-state index contributed by atoms with van der Waals surface area (Å²) in [5.74, 6) is 0.694. The maximum absolute atomic E-state index is 12.2. The molecule has 0 unspecified atom stereocenters. The number of carbonyl (C=O) groups excluding carboxylic acids is 2. The molecule has 0 aromatic carbocycles. The summed E-state index contributed by atoms with van der Waals surface area (Å²) in [6.45, 7) is 2.65. The molecular formula is C17H24N6O3. The van der Waals surface area contributed by atoms with Crippen molar-refractivity contribution in [3.63, 3.8) is 0 Å². The molecule has 2 aromatic rings. The number of amides is 4. The Hall–Kier alpha value is -2.97. The number of aromatic nitrogens is 2. The highest BCUT2D eigenvalue weighted by molar-refractivity contribution is 5.74. The number of nitrogens with zero attached hydrogens (tertiary/aromatic N) is 4. The zero-order valence-electron chi connectivity index (χ0n) is 15.1. The Kier molecular flexibility index (Phi) is 5.45. The van der Waals surface area contributed by atoms with Gasteiger partial charge in [0.2, 0.25) is 0 Å². The van der Waals surface area contributed by atoms with Crippen LogP contribution >= 0.6 is 0 Å². The van der Waals surface area contributed by atoms with E-state index in [1.54, 1.807) is 37.4 Å². The lowest BCUT2D eigenvalue weighted by Crippen LogP contribution is -2.38. The number of rotatable bonds is 4. The number of furan rings is 1. The van der Waals surface area contributed by atoms with Gasteiger partial charge >= 0.3 is 12.1 Å². The van der Waals surface area contributed by atoms with Crippen molar-refractivity contribution in [2.75, 3.05) is 20.6 Å². The van der Waals surface area contributed by atoms with Crippen LogP contribution in [-0.2, 0) is 26.2 Å². The maximum Gasteiger partial charge on any atom is 0.319 e. The molecule has 1 aliphatic heterocycles. The van der Waals surface area contributed by atoms with Crippen LogP contribution in [0.15, 0.2) is 28.9 Å². The molecule has 2 aromatic heterocycles. The molecule has 3 rings (SSSR count). The molecule has 9 heteroatoms. The van der Waals surface area contributed by atoms with Crippen LogP contribution in [0.1, 0.15) is 23.6 Å². The van der Waals surface area contributed by atoms with Crippen LogP contribution in [0.4, 0.5) is 9.59 Å². The SMILES string of the molecule is CN(C)C(=O)N1CCCn2nc(CNC(=O)NCc3ccco3)cc2C1. The number of urea groups is 2. The zero-order valence-corrected chi connectivity index (χ0v) is 15.1. The van der Waals surface area contributed by atoms with Gasteiger partial charge in [0.05, 0.1) is 37.3 Å². The molecule has 0 atom stereocenters. The average molecular weight is 360 g/mol. The van der Waals surface area contributed by atoms with E-state index in [0.29, 0.717) is 31.9 Å². The minimum atomic E-state index is -0.283. The molecule has 3 heterocycles. The predicted molar refractivity (Wildman–Crippen MR) is 94.1 cm³/mol. The highest BCUT2D eigenvalue weighted by Crippen LogP contribution is 2.15. The summed E-state index contributed by atoms with van der Waals surface area (Å²) in [6.07, 6.45) is 2.42. The highest BCUT2D eigenvalue weighted by atomic mass is 16.3. The molecule has 0 bridgehead atoms. The van der Waals surface area contributed by atoms with E-state index in [4.69, 9.17) is 4.42 Å². The first-order valence-electron chi connectivity index (χ1n) is 8.59.